The van der Waals surface area contributed by atoms with E-state index in [-0.39, 0.29) is 29.6 Å². The molecule has 0 unspecified atom stereocenters. The summed E-state index contributed by atoms with van der Waals surface area (Å²) in [5.41, 5.74) is -0.691. The van der Waals surface area contributed by atoms with Crippen LogP contribution < -0.4 is 9.62 Å². The van der Waals surface area contributed by atoms with Gasteiger partial charge in [-0.3, -0.25) is 13.9 Å². The van der Waals surface area contributed by atoms with Crippen LogP contribution in [0.2, 0.25) is 0 Å². The lowest BCUT2D eigenvalue weighted by Crippen LogP contribution is -2.53. The molecule has 0 spiro atoms. The number of hydrogen-bond donors (Lipinski definition) is 1. The smallest absolute Gasteiger partial charge is 0.352 e. The Bertz CT molecular complexity index is 1400. The molecule has 11 heteroatoms. The maximum absolute atomic E-state index is 13.9. The van der Waals surface area contributed by atoms with Gasteiger partial charge in [0.1, 0.15) is 12.6 Å². The first-order chi connectivity index (χ1) is 18.8. The molecule has 3 aromatic rings. The highest BCUT2D eigenvalue weighted by atomic mass is 32.2. The molecule has 0 fully saturated rings. The molecule has 7 nitrogen and oxygen atoms in total. The number of alkyl halides is 3. The molecule has 2 amide bonds. The monoisotopic (exact) mass is 575 g/mol. The quantitative estimate of drug-likeness (QED) is 0.339. The van der Waals surface area contributed by atoms with Gasteiger partial charge < -0.3 is 10.2 Å². The molecule has 40 heavy (non-hydrogen) atoms. The van der Waals surface area contributed by atoms with Gasteiger partial charge in [0.25, 0.3) is 10.0 Å². The van der Waals surface area contributed by atoms with Gasteiger partial charge in [-0.05, 0) is 56.2 Å². The Kier molecular flexibility index (Phi) is 9.97. The summed E-state index contributed by atoms with van der Waals surface area (Å²) in [5.74, 6) is -1.16. The summed E-state index contributed by atoms with van der Waals surface area (Å²) in [6.07, 6.45) is -4.50. The average Bonchev–Trinajstić information content (AvgIpc) is 2.91. The first-order valence-electron chi connectivity index (χ1n) is 12.7. The molecule has 3 aromatic carbocycles. The number of nitrogens with one attached hydrogen (secondary N) is 1. The highest BCUT2D eigenvalue weighted by Crippen LogP contribution is 2.33. The van der Waals surface area contributed by atoms with Crippen molar-refractivity contribution in [1.29, 1.82) is 0 Å². The third-order valence-corrected chi connectivity index (χ3v) is 7.87. The van der Waals surface area contributed by atoms with Crippen molar-refractivity contribution in [2.24, 2.45) is 0 Å². The topological polar surface area (TPSA) is 86.8 Å². The number of sulfonamides is 1. The lowest BCUT2D eigenvalue weighted by molar-refractivity contribution is -0.140. The fourth-order valence-electron chi connectivity index (χ4n) is 4.17. The summed E-state index contributed by atoms with van der Waals surface area (Å²) in [4.78, 5) is 28.1. The maximum Gasteiger partial charge on any atom is 0.416 e. The number of amides is 2. The highest BCUT2D eigenvalue weighted by molar-refractivity contribution is 7.92. The zero-order valence-corrected chi connectivity index (χ0v) is 23.2. The fourth-order valence-corrected chi connectivity index (χ4v) is 5.59. The Hall–Kier alpha value is -3.86. The van der Waals surface area contributed by atoms with Gasteiger partial charge >= 0.3 is 6.18 Å². The number of nitrogens with zero attached hydrogens (tertiary/aromatic N) is 2. The van der Waals surface area contributed by atoms with Gasteiger partial charge in [0.05, 0.1) is 16.1 Å². The van der Waals surface area contributed by atoms with Gasteiger partial charge in [-0.1, -0.05) is 61.5 Å². The van der Waals surface area contributed by atoms with Crippen LogP contribution in [-0.4, -0.2) is 43.8 Å². The predicted octanol–water partition coefficient (Wildman–Crippen LogP) is 5.23. The Morgan fingerprint density at radius 2 is 1.50 bits per heavy atom. The van der Waals surface area contributed by atoms with E-state index in [1.807, 2.05) is 0 Å². The van der Waals surface area contributed by atoms with Crippen molar-refractivity contribution in [2.75, 3.05) is 10.8 Å². The van der Waals surface area contributed by atoms with Crippen LogP contribution in [-0.2, 0) is 32.3 Å². The van der Waals surface area contributed by atoms with Crippen LogP contribution in [0.4, 0.5) is 18.9 Å². The number of hydrogen-bond acceptors (Lipinski definition) is 4. The molecule has 0 saturated carbocycles. The molecule has 1 N–H and O–H groups in total. The van der Waals surface area contributed by atoms with E-state index in [4.69, 9.17) is 0 Å². The van der Waals surface area contributed by atoms with E-state index >= 15 is 0 Å². The molecule has 214 valence electrons. The molecular formula is C29H32F3N3O4S. The first kappa shape index (κ1) is 30.7. The second-order valence-electron chi connectivity index (χ2n) is 9.47. The minimum Gasteiger partial charge on any atom is -0.352 e. The van der Waals surface area contributed by atoms with Crippen molar-refractivity contribution < 1.29 is 31.2 Å². The first-order valence-corrected chi connectivity index (χ1v) is 14.2. The zero-order valence-electron chi connectivity index (χ0n) is 22.4. The number of benzene rings is 3. The predicted molar refractivity (Wildman–Crippen MR) is 147 cm³/mol. The SMILES string of the molecule is CC[C@@H](C(=O)NC(C)C)N(Cc1ccccc1)C(=O)CN(c1cccc(C(F)(F)F)c1)S(=O)(=O)c1ccccc1. The van der Waals surface area contributed by atoms with Crippen molar-refractivity contribution in [3.63, 3.8) is 0 Å². The molecule has 0 saturated heterocycles. The second-order valence-corrected chi connectivity index (χ2v) is 11.3. The van der Waals surface area contributed by atoms with Gasteiger partial charge in [0, 0.05) is 12.6 Å². The van der Waals surface area contributed by atoms with Crippen LogP contribution in [0.3, 0.4) is 0 Å². The molecular weight excluding hydrogens is 543 g/mol. The second kappa shape index (κ2) is 13.0. The van der Waals surface area contributed by atoms with Crippen molar-refractivity contribution in [2.45, 2.75) is 56.9 Å². The van der Waals surface area contributed by atoms with Gasteiger partial charge in [0.2, 0.25) is 11.8 Å². The van der Waals surface area contributed by atoms with Crippen LogP contribution in [0.1, 0.15) is 38.3 Å². The summed E-state index contributed by atoms with van der Waals surface area (Å²) in [5, 5.41) is 2.79. The number of carbonyl (C=O) groups is 2. The number of halogens is 3. The number of anilines is 1. The van der Waals surface area contributed by atoms with Gasteiger partial charge in [-0.25, -0.2) is 8.42 Å². The Balaban J connectivity index is 2.10. The van der Waals surface area contributed by atoms with E-state index in [9.17, 15) is 31.2 Å². The van der Waals surface area contributed by atoms with Crippen LogP contribution in [0.25, 0.3) is 0 Å². The third kappa shape index (κ3) is 7.62. The number of carbonyl (C=O) groups excluding carboxylic acids is 2. The normalized spacial score (nSPS) is 12.6. The van der Waals surface area contributed by atoms with Crippen LogP contribution in [0.5, 0.6) is 0 Å². The minimum absolute atomic E-state index is 0.00842. The largest absolute Gasteiger partial charge is 0.416 e. The molecule has 1 atom stereocenters. The molecule has 0 radical (unpaired) electrons. The lowest BCUT2D eigenvalue weighted by Gasteiger charge is -2.33. The van der Waals surface area contributed by atoms with E-state index in [1.54, 1.807) is 57.2 Å². The van der Waals surface area contributed by atoms with E-state index < -0.39 is 46.2 Å². The Morgan fingerprint density at radius 1 is 0.900 bits per heavy atom. The summed E-state index contributed by atoms with van der Waals surface area (Å²) < 4.78 is 68.7. The van der Waals surface area contributed by atoms with E-state index in [2.05, 4.69) is 5.32 Å². The molecule has 0 heterocycles. The summed E-state index contributed by atoms with van der Waals surface area (Å²) in [7, 11) is -4.47. The molecule has 3 rings (SSSR count). The fraction of sp³-hybridized carbons (Fsp3) is 0.310. The summed E-state index contributed by atoms with van der Waals surface area (Å²) in [6.45, 7) is 4.44. The summed E-state index contributed by atoms with van der Waals surface area (Å²) in [6, 6.07) is 18.6. The molecule has 0 aliphatic rings. The lowest BCUT2D eigenvalue weighted by atomic mass is 10.1. The van der Waals surface area contributed by atoms with Crippen LogP contribution >= 0.6 is 0 Å². The summed E-state index contributed by atoms with van der Waals surface area (Å²) >= 11 is 0. The Morgan fingerprint density at radius 3 is 2.05 bits per heavy atom. The van der Waals surface area contributed by atoms with Crippen LogP contribution in [0.15, 0.2) is 89.8 Å². The zero-order chi connectivity index (χ0) is 29.5. The van der Waals surface area contributed by atoms with Crippen molar-refractivity contribution >= 4 is 27.5 Å². The van der Waals surface area contributed by atoms with Gasteiger partial charge in [0.15, 0.2) is 0 Å². The average molecular weight is 576 g/mol. The molecule has 0 aromatic heterocycles. The van der Waals surface area contributed by atoms with Crippen LogP contribution in [0, 0.1) is 0 Å². The van der Waals surface area contributed by atoms with Crippen molar-refractivity contribution in [1.82, 2.24) is 10.2 Å². The molecule has 0 aliphatic heterocycles. The van der Waals surface area contributed by atoms with Gasteiger partial charge in [-0.2, -0.15) is 13.2 Å². The standard InChI is InChI=1S/C29H32F3N3O4S/c1-4-26(28(37)33-21(2)3)34(19-22-12-7-5-8-13-22)27(36)20-35(40(38,39)25-16-9-6-10-17-25)24-15-11-14-23(18-24)29(30,31)32/h5-18,21,26H,4,19-20H2,1-3H3,(H,33,37)/t26-/m0/s1. The van der Waals surface area contributed by atoms with E-state index in [0.717, 1.165) is 12.1 Å². The maximum atomic E-state index is 13.9. The molecule has 0 aliphatic carbocycles. The highest BCUT2D eigenvalue weighted by Gasteiger charge is 2.36. The van der Waals surface area contributed by atoms with Crippen molar-refractivity contribution in [3.05, 3.63) is 96.1 Å². The Labute approximate surface area is 232 Å². The molecule has 0 bridgehead atoms. The minimum atomic E-state index is -4.73. The van der Waals surface area contributed by atoms with Gasteiger partial charge in [-0.15, -0.1) is 0 Å². The van der Waals surface area contributed by atoms with Crippen molar-refractivity contribution in [3.8, 4) is 0 Å². The third-order valence-electron chi connectivity index (χ3n) is 6.08. The number of rotatable bonds is 11. The van der Waals surface area contributed by atoms with E-state index in [1.165, 1.54) is 35.2 Å². The van der Waals surface area contributed by atoms with E-state index in [0.29, 0.717) is 15.9 Å².